The number of ether oxygens (including phenoxy) is 1. The molecule has 0 radical (unpaired) electrons. The molecule has 3 rings (SSSR count). The molecule has 0 aliphatic heterocycles. The molecule has 0 aliphatic carbocycles. The first kappa shape index (κ1) is 22.7. The maximum absolute atomic E-state index is 12.5. The van der Waals surface area contributed by atoms with Gasteiger partial charge in [-0.15, -0.1) is 0 Å². The van der Waals surface area contributed by atoms with Crippen LogP contribution in [0.2, 0.25) is 5.02 Å². The summed E-state index contributed by atoms with van der Waals surface area (Å²) in [4.78, 5) is 48.9. The number of para-hydroxylation sites is 1. The van der Waals surface area contributed by atoms with Gasteiger partial charge in [-0.05, 0) is 50.2 Å². The number of esters is 1. The van der Waals surface area contributed by atoms with Crippen LogP contribution in [0.1, 0.15) is 23.1 Å². The number of imide groups is 1. The van der Waals surface area contributed by atoms with Gasteiger partial charge >= 0.3 is 12.0 Å². The highest BCUT2D eigenvalue weighted by Crippen LogP contribution is 2.14. The van der Waals surface area contributed by atoms with E-state index in [0.717, 1.165) is 0 Å². The maximum Gasteiger partial charge on any atom is 0.363 e. The van der Waals surface area contributed by atoms with E-state index in [1.807, 2.05) is 0 Å². The fourth-order valence-electron chi connectivity index (χ4n) is 2.70. The van der Waals surface area contributed by atoms with E-state index >= 15 is 0 Å². The Balaban J connectivity index is 1.70. The molecule has 0 saturated heterocycles. The quantitative estimate of drug-likeness (QED) is 0.572. The van der Waals surface area contributed by atoms with E-state index in [4.69, 9.17) is 16.3 Å². The molecule has 9 nitrogen and oxygen atoms in total. The lowest BCUT2D eigenvalue weighted by atomic mass is 10.3. The van der Waals surface area contributed by atoms with Gasteiger partial charge in [0.05, 0.1) is 5.69 Å². The predicted molar refractivity (Wildman–Crippen MR) is 118 cm³/mol. The van der Waals surface area contributed by atoms with Gasteiger partial charge in [-0.25, -0.2) is 14.3 Å². The van der Waals surface area contributed by atoms with Crippen LogP contribution in [-0.4, -0.2) is 33.8 Å². The number of nitrogens with zero attached hydrogens (tertiary/aromatic N) is 2. The van der Waals surface area contributed by atoms with Crippen LogP contribution in [0.15, 0.2) is 65.5 Å². The van der Waals surface area contributed by atoms with Gasteiger partial charge in [-0.1, -0.05) is 29.8 Å². The smallest absolute Gasteiger partial charge is 0.363 e. The first-order valence-electron chi connectivity index (χ1n) is 9.49. The van der Waals surface area contributed by atoms with E-state index in [1.165, 1.54) is 17.7 Å². The van der Waals surface area contributed by atoms with E-state index in [9.17, 15) is 19.2 Å². The Morgan fingerprint density at radius 3 is 2.38 bits per heavy atom. The summed E-state index contributed by atoms with van der Waals surface area (Å²) in [5, 5.41) is 9.13. The molecule has 164 valence electrons. The lowest BCUT2D eigenvalue weighted by Gasteiger charge is -2.14. The van der Waals surface area contributed by atoms with E-state index in [0.29, 0.717) is 22.1 Å². The van der Waals surface area contributed by atoms with Crippen molar-refractivity contribution in [2.75, 3.05) is 5.32 Å². The molecule has 32 heavy (non-hydrogen) atoms. The van der Waals surface area contributed by atoms with E-state index in [2.05, 4.69) is 15.7 Å². The van der Waals surface area contributed by atoms with Crippen molar-refractivity contribution in [2.45, 2.75) is 20.0 Å². The number of hydrogen-bond acceptors (Lipinski definition) is 6. The molecule has 0 bridgehead atoms. The zero-order valence-corrected chi connectivity index (χ0v) is 17.9. The van der Waals surface area contributed by atoms with Gasteiger partial charge in [-0.3, -0.25) is 14.9 Å². The molecule has 1 unspecified atom stereocenters. The Morgan fingerprint density at radius 1 is 1.06 bits per heavy atom. The van der Waals surface area contributed by atoms with Crippen molar-refractivity contribution in [1.82, 2.24) is 15.1 Å². The minimum absolute atomic E-state index is 0.481. The number of amides is 3. The number of hydrogen-bond donors (Lipinski definition) is 2. The second-order valence-corrected chi connectivity index (χ2v) is 7.18. The molecule has 0 fully saturated rings. The van der Waals surface area contributed by atoms with Gasteiger partial charge in [0.15, 0.2) is 6.10 Å². The summed E-state index contributed by atoms with van der Waals surface area (Å²) >= 11 is 5.89. The third-order valence-corrected chi connectivity index (χ3v) is 4.55. The van der Waals surface area contributed by atoms with Crippen LogP contribution in [0.3, 0.4) is 0 Å². The Morgan fingerprint density at radius 2 is 1.72 bits per heavy atom. The van der Waals surface area contributed by atoms with E-state index < -0.39 is 35.1 Å². The lowest BCUT2D eigenvalue weighted by molar-refractivity contribution is -0.127. The van der Waals surface area contributed by atoms with Crippen molar-refractivity contribution in [3.8, 4) is 5.69 Å². The van der Waals surface area contributed by atoms with Crippen molar-refractivity contribution >= 4 is 35.2 Å². The number of urea groups is 1. The van der Waals surface area contributed by atoms with Crippen LogP contribution in [-0.2, 0) is 9.53 Å². The van der Waals surface area contributed by atoms with Crippen LogP contribution >= 0.6 is 11.6 Å². The molecule has 0 spiro atoms. The van der Waals surface area contributed by atoms with Crippen LogP contribution in [0.4, 0.5) is 10.5 Å². The number of carbonyl (C=O) groups is 3. The van der Waals surface area contributed by atoms with Gasteiger partial charge in [0.25, 0.3) is 5.91 Å². The monoisotopic (exact) mass is 454 g/mol. The lowest BCUT2D eigenvalue weighted by Crippen LogP contribution is -2.42. The van der Waals surface area contributed by atoms with Crippen LogP contribution < -0.4 is 16.1 Å². The highest BCUT2D eigenvalue weighted by atomic mass is 35.5. The number of anilines is 1. The minimum Gasteiger partial charge on any atom is -0.448 e. The molecule has 3 aromatic rings. The summed E-state index contributed by atoms with van der Waals surface area (Å²) in [6.45, 7) is 2.93. The van der Waals surface area contributed by atoms with Crippen molar-refractivity contribution in [1.29, 1.82) is 0 Å². The number of nitrogens with one attached hydrogen (secondary N) is 2. The van der Waals surface area contributed by atoms with Gasteiger partial charge in [0.1, 0.15) is 0 Å². The SMILES string of the molecule is Cc1cc(=O)c(C(=O)OC(C)C(=O)NC(=O)Nc2ccccc2)nn1-c1ccc(Cl)cc1. The van der Waals surface area contributed by atoms with Crippen LogP contribution in [0.25, 0.3) is 5.69 Å². The average Bonchev–Trinajstić information content (AvgIpc) is 2.75. The average molecular weight is 455 g/mol. The second-order valence-electron chi connectivity index (χ2n) is 6.74. The predicted octanol–water partition coefficient (Wildman–Crippen LogP) is 3.09. The summed E-state index contributed by atoms with van der Waals surface area (Å²) in [7, 11) is 0. The largest absolute Gasteiger partial charge is 0.448 e. The maximum atomic E-state index is 12.5. The van der Waals surface area contributed by atoms with Crippen LogP contribution in [0, 0.1) is 6.92 Å². The molecule has 1 heterocycles. The summed E-state index contributed by atoms with van der Waals surface area (Å²) < 4.78 is 6.43. The van der Waals surface area contributed by atoms with Crippen molar-refractivity contribution < 1.29 is 19.1 Å². The first-order chi connectivity index (χ1) is 15.2. The molecule has 2 aromatic carbocycles. The summed E-state index contributed by atoms with van der Waals surface area (Å²) in [6, 6.07) is 15.5. The molecule has 0 saturated carbocycles. The molecule has 2 N–H and O–H groups in total. The topological polar surface area (TPSA) is 119 Å². The first-order valence-corrected chi connectivity index (χ1v) is 9.87. The van der Waals surface area contributed by atoms with Crippen molar-refractivity contribution in [2.24, 2.45) is 0 Å². The number of benzene rings is 2. The Kier molecular flexibility index (Phi) is 7.01. The van der Waals surface area contributed by atoms with E-state index in [-0.39, 0.29) is 0 Å². The van der Waals surface area contributed by atoms with E-state index in [1.54, 1.807) is 61.5 Å². The minimum atomic E-state index is -1.35. The summed E-state index contributed by atoms with van der Waals surface area (Å²) in [5.74, 6) is -1.96. The molecule has 3 amide bonds. The second kappa shape index (κ2) is 9.88. The summed E-state index contributed by atoms with van der Waals surface area (Å²) in [5.41, 5.74) is 0.377. The van der Waals surface area contributed by atoms with Crippen molar-refractivity contribution in [3.63, 3.8) is 0 Å². The van der Waals surface area contributed by atoms with Gasteiger partial charge < -0.3 is 10.1 Å². The third-order valence-electron chi connectivity index (χ3n) is 4.29. The number of aromatic nitrogens is 2. The van der Waals surface area contributed by atoms with Gasteiger partial charge in [0, 0.05) is 22.5 Å². The highest BCUT2D eigenvalue weighted by molar-refractivity contribution is 6.30. The van der Waals surface area contributed by atoms with Gasteiger partial charge in [0.2, 0.25) is 11.1 Å². The number of halogens is 1. The standard InChI is InChI=1S/C22H19ClN4O5/c1-13-12-18(28)19(26-27(13)17-10-8-15(23)9-11-17)21(30)32-14(2)20(29)25-22(31)24-16-6-4-3-5-7-16/h3-12,14H,1-2H3,(H2,24,25,29,31). The molecule has 10 heteroatoms. The zero-order chi connectivity index (χ0) is 23.3. The Labute approximate surface area is 188 Å². The molecular formula is C22H19ClN4O5. The molecule has 1 aromatic heterocycles. The third kappa shape index (κ3) is 5.58. The number of aryl methyl sites for hydroxylation is 1. The van der Waals surface area contributed by atoms with Gasteiger partial charge in [-0.2, -0.15) is 5.10 Å². The molecule has 1 atom stereocenters. The van der Waals surface area contributed by atoms with Crippen LogP contribution in [0.5, 0.6) is 0 Å². The summed E-state index contributed by atoms with van der Waals surface area (Å²) in [6.07, 6.45) is -1.35. The molecular weight excluding hydrogens is 436 g/mol. The fraction of sp³-hybridized carbons (Fsp3) is 0.136. The fourth-order valence-corrected chi connectivity index (χ4v) is 2.83. The zero-order valence-electron chi connectivity index (χ0n) is 17.2. The van der Waals surface area contributed by atoms with Crippen molar-refractivity contribution in [3.05, 3.63) is 87.3 Å². The Hall–Kier alpha value is -3.98. The number of carbonyl (C=O) groups excluding carboxylic acids is 3. The number of rotatable bonds is 5. The molecule has 0 aliphatic rings. The highest BCUT2D eigenvalue weighted by Gasteiger charge is 2.24. The Bertz CT molecular complexity index is 1210. The normalized spacial score (nSPS) is 11.3.